The molecule has 0 fully saturated rings. The van der Waals surface area contributed by atoms with Crippen LogP contribution >= 0.6 is 22.2 Å². The van der Waals surface area contributed by atoms with E-state index in [4.69, 9.17) is 9.63 Å². The Kier molecular flexibility index (Phi) is 5.45. The molecule has 0 saturated carbocycles. The van der Waals surface area contributed by atoms with E-state index in [1.54, 1.807) is 13.8 Å². The second-order valence-corrected chi connectivity index (χ2v) is 4.59. The molecular formula is C5H11BrO3P+. The Bertz CT molecular complexity index is 117. The molecule has 3 nitrogen and oxygen atoms in total. The van der Waals surface area contributed by atoms with Crippen molar-refractivity contribution < 1.29 is 14.2 Å². The highest BCUT2D eigenvalue weighted by atomic mass is 79.9. The summed E-state index contributed by atoms with van der Waals surface area (Å²) in [6.45, 7) is 1.71. The standard InChI is InChI=1S/C5H11BrO3P/c1-4(7)3-5(2)9-10(6)8/h4-5,7H,3H2,1-2H3/q+1. The first-order valence-corrected chi connectivity index (χ1v) is 6.20. The summed E-state index contributed by atoms with van der Waals surface area (Å²) in [7, 11) is 0. The predicted octanol–water partition coefficient (Wildman–Crippen LogP) is 2.21. The fraction of sp³-hybridized carbons (Fsp3) is 1.00. The number of halogens is 1. The molecule has 3 unspecified atom stereocenters. The maximum absolute atomic E-state index is 10.4. The van der Waals surface area contributed by atoms with E-state index in [1.807, 2.05) is 0 Å². The topological polar surface area (TPSA) is 46.5 Å². The molecule has 0 amide bonds. The molecule has 10 heavy (non-hydrogen) atoms. The van der Waals surface area contributed by atoms with Crippen molar-refractivity contribution in [2.75, 3.05) is 0 Å². The zero-order chi connectivity index (χ0) is 8.15. The number of aliphatic hydroxyl groups is 1. The molecule has 0 bridgehead atoms. The van der Waals surface area contributed by atoms with Gasteiger partial charge in [-0.1, -0.05) is 0 Å². The lowest BCUT2D eigenvalue weighted by molar-refractivity contribution is 0.122. The van der Waals surface area contributed by atoms with E-state index in [9.17, 15) is 4.57 Å². The van der Waals surface area contributed by atoms with Crippen LogP contribution in [-0.2, 0) is 9.09 Å². The summed E-state index contributed by atoms with van der Waals surface area (Å²) in [5, 5.41) is 8.85. The second kappa shape index (κ2) is 5.19. The average Bonchev–Trinajstić information content (AvgIpc) is 1.58. The van der Waals surface area contributed by atoms with Crippen LogP contribution in [0.1, 0.15) is 20.3 Å². The van der Waals surface area contributed by atoms with Gasteiger partial charge in [-0.3, -0.25) is 0 Å². The molecule has 3 atom stereocenters. The van der Waals surface area contributed by atoms with Crippen molar-refractivity contribution in [1.29, 1.82) is 0 Å². The lowest BCUT2D eigenvalue weighted by Crippen LogP contribution is -2.11. The Labute approximate surface area is 69.4 Å². The lowest BCUT2D eigenvalue weighted by Gasteiger charge is -2.05. The molecule has 0 aromatic heterocycles. The third-order valence-electron chi connectivity index (χ3n) is 0.936. The normalized spacial score (nSPS) is 18.2. The third kappa shape index (κ3) is 6.62. The van der Waals surface area contributed by atoms with Gasteiger partial charge >= 0.3 is 22.2 Å². The summed E-state index contributed by atoms with van der Waals surface area (Å²) >= 11 is 2.77. The summed E-state index contributed by atoms with van der Waals surface area (Å²) < 4.78 is 15.2. The maximum Gasteiger partial charge on any atom is 0.590 e. The van der Waals surface area contributed by atoms with Gasteiger partial charge in [0.15, 0.2) is 0 Å². The minimum atomic E-state index is -1.72. The van der Waals surface area contributed by atoms with E-state index in [-0.39, 0.29) is 6.10 Å². The molecule has 0 saturated heterocycles. The van der Waals surface area contributed by atoms with Gasteiger partial charge in [-0.25, -0.2) is 0 Å². The summed E-state index contributed by atoms with van der Waals surface area (Å²) in [6, 6.07) is 0. The van der Waals surface area contributed by atoms with Crippen molar-refractivity contribution in [2.45, 2.75) is 32.5 Å². The monoisotopic (exact) mass is 229 g/mol. The Morgan fingerprint density at radius 2 is 2.20 bits per heavy atom. The Hall–Kier alpha value is 0.500. The first-order chi connectivity index (χ1) is 4.52. The maximum atomic E-state index is 10.4. The van der Waals surface area contributed by atoms with Crippen molar-refractivity contribution in [3.63, 3.8) is 0 Å². The van der Waals surface area contributed by atoms with Crippen LogP contribution < -0.4 is 0 Å². The predicted molar refractivity (Wildman–Crippen MR) is 43.4 cm³/mol. The van der Waals surface area contributed by atoms with Gasteiger partial charge in [0.25, 0.3) is 0 Å². The van der Waals surface area contributed by atoms with Gasteiger partial charge in [0.1, 0.15) is 6.10 Å². The van der Waals surface area contributed by atoms with E-state index in [2.05, 4.69) is 15.5 Å². The van der Waals surface area contributed by atoms with Crippen molar-refractivity contribution in [2.24, 2.45) is 0 Å². The van der Waals surface area contributed by atoms with Crippen LogP contribution in [0.4, 0.5) is 0 Å². The smallest absolute Gasteiger partial charge is 0.393 e. The van der Waals surface area contributed by atoms with Gasteiger partial charge in [0, 0.05) is 6.42 Å². The molecule has 0 spiro atoms. The van der Waals surface area contributed by atoms with Crippen LogP contribution in [-0.4, -0.2) is 17.3 Å². The van der Waals surface area contributed by atoms with Gasteiger partial charge in [0.2, 0.25) is 0 Å². The molecule has 0 rings (SSSR count). The highest BCUT2D eigenvalue weighted by molar-refractivity contribution is 9.37. The third-order valence-corrected chi connectivity index (χ3v) is 1.96. The molecule has 0 aliphatic heterocycles. The molecule has 0 aliphatic carbocycles. The first kappa shape index (κ1) is 10.5. The quantitative estimate of drug-likeness (QED) is 0.753. The van der Waals surface area contributed by atoms with Crippen LogP contribution in [0.3, 0.4) is 0 Å². The molecule has 0 aromatic rings. The minimum Gasteiger partial charge on any atom is -0.393 e. The molecule has 0 aromatic carbocycles. The van der Waals surface area contributed by atoms with E-state index >= 15 is 0 Å². The van der Waals surface area contributed by atoms with Crippen LogP contribution in [0.5, 0.6) is 0 Å². The number of aliphatic hydroxyl groups excluding tert-OH is 1. The number of hydrogen-bond acceptors (Lipinski definition) is 3. The van der Waals surface area contributed by atoms with E-state index in [1.165, 1.54) is 0 Å². The van der Waals surface area contributed by atoms with Crippen LogP contribution in [0.15, 0.2) is 0 Å². The largest absolute Gasteiger partial charge is 0.590 e. The van der Waals surface area contributed by atoms with Crippen molar-refractivity contribution in [3.8, 4) is 0 Å². The lowest BCUT2D eigenvalue weighted by atomic mass is 10.2. The average molecular weight is 230 g/mol. The second-order valence-electron chi connectivity index (χ2n) is 2.21. The van der Waals surface area contributed by atoms with Gasteiger partial charge < -0.3 is 5.11 Å². The Balaban J connectivity index is 3.43. The summed E-state index contributed by atoms with van der Waals surface area (Å²) in [5.41, 5.74) is 0. The van der Waals surface area contributed by atoms with Crippen molar-refractivity contribution >= 4 is 22.2 Å². The van der Waals surface area contributed by atoms with Crippen molar-refractivity contribution in [1.82, 2.24) is 0 Å². The molecule has 0 heterocycles. The molecule has 60 valence electrons. The summed E-state index contributed by atoms with van der Waals surface area (Å²) in [6.07, 6.45) is -0.0624. The number of rotatable bonds is 4. The molecule has 0 aliphatic rings. The summed E-state index contributed by atoms with van der Waals surface area (Å²) in [4.78, 5) is 0. The van der Waals surface area contributed by atoms with E-state index in [0.717, 1.165) is 0 Å². The van der Waals surface area contributed by atoms with Gasteiger partial charge in [0.05, 0.1) is 6.10 Å². The van der Waals surface area contributed by atoms with E-state index in [0.29, 0.717) is 6.42 Å². The molecular weight excluding hydrogens is 219 g/mol. The summed E-state index contributed by atoms with van der Waals surface area (Å²) in [5.74, 6) is 0. The number of hydrogen-bond donors (Lipinski definition) is 1. The zero-order valence-electron chi connectivity index (χ0n) is 5.95. The zero-order valence-corrected chi connectivity index (χ0v) is 8.43. The van der Waals surface area contributed by atoms with Crippen LogP contribution in [0, 0.1) is 0 Å². The van der Waals surface area contributed by atoms with Crippen LogP contribution in [0.25, 0.3) is 0 Å². The Morgan fingerprint density at radius 3 is 2.50 bits per heavy atom. The fourth-order valence-corrected chi connectivity index (χ4v) is 1.89. The Morgan fingerprint density at radius 1 is 1.70 bits per heavy atom. The fourth-order valence-electron chi connectivity index (χ4n) is 0.665. The molecule has 5 heteroatoms. The van der Waals surface area contributed by atoms with Crippen molar-refractivity contribution in [3.05, 3.63) is 0 Å². The van der Waals surface area contributed by atoms with Gasteiger partial charge in [-0.05, 0) is 18.4 Å². The van der Waals surface area contributed by atoms with Gasteiger partial charge in [-0.2, -0.15) is 0 Å². The first-order valence-electron chi connectivity index (χ1n) is 3.00. The molecule has 0 radical (unpaired) electrons. The van der Waals surface area contributed by atoms with Crippen LogP contribution in [0.2, 0.25) is 0 Å². The highest BCUT2D eigenvalue weighted by Gasteiger charge is 2.19. The highest BCUT2D eigenvalue weighted by Crippen LogP contribution is 2.33. The van der Waals surface area contributed by atoms with Gasteiger partial charge in [-0.15, -0.1) is 4.52 Å². The minimum absolute atomic E-state index is 0.164. The molecule has 1 N–H and O–H groups in total. The SMILES string of the molecule is CC(O)CC(C)O[P+](=O)Br. The van der Waals surface area contributed by atoms with E-state index < -0.39 is 12.8 Å².